The zero-order chi connectivity index (χ0) is 15.8. The fraction of sp³-hybridized carbons (Fsp3) is 1.00. The van der Waals surface area contributed by atoms with Crippen LogP contribution in [0.15, 0.2) is 0 Å². The molecule has 4 atom stereocenters. The van der Waals surface area contributed by atoms with Crippen LogP contribution in [0.1, 0.15) is 81.1 Å². The maximum Gasteiger partial charge on any atom is 0.504 e. The first-order chi connectivity index (χ1) is 9.34. The molecule has 0 rings (SSSR count). The van der Waals surface area contributed by atoms with Crippen molar-refractivity contribution in [2.45, 2.75) is 105 Å². The summed E-state index contributed by atoms with van der Waals surface area (Å²) in [5.41, 5.74) is 0.333. The van der Waals surface area contributed by atoms with Crippen molar-refractivity contribution in [2.24, 2.45) is 0 Å². The second-order valence-electron chi connectivity index (χ2n) is 5.92. The van der Waals surface area contributed by atoms with Crippen molar-refractivity contribution in [3.8, 4) is 0 Å². The largest absolute Gasteiger partial charge is 0.504 e. The molecule has 4 heteroatoms. The van der Waals surface area contributed by atoms with Crippen LogP contribution < -0.4 is 0 Å². The van der Waals surface area contributed by atoms with Crippen LogP contribution in [0.25, 0.3) is 0 Å². The van der Waals surface area contributed by atoms with Gasteiger partial charge in [-0.2, -0.15) is 0 Å². The Kier molecular flexibility index (Phi) is 9.98. The smallest absolute Gasteiger partial charge is 0.370 e. The van der Waals surface area contributed by atoms with E-state index in [0.717, 1.165) is 25.7 Å². The summed E-state index contributed by atoms with van der Waals surface area (Å²) in [7, 11) is -2.65. The minimum Gasteiger partial charge on any atom is -0.370 e. The van der Waals surface area contributed by atoms with Crippen molar-refractivity contribution < 1.29 is 13.3 Å². The second-order valence-corrected chi connectivity index (χ2v) is 8.82. The Morgan fingerprint density at radius 2 is 0.900 bits per heavy atom. The van der Waals surface area contributed by atoms with Crippen LogP contribution in [-0.4, -0.2) is 27.1 Å². The lowest BCUT2D eigenvalue weighted by Crippen LogP contribution is -2.54. The van der Waals surface area contributed by atoms with Crippen LogP contribution in [0, 0.1) is 0 Å². The summed E-state index contributed by atoms with van der Waals surface area (Å²) < 4.78 is 19.1. The third-order valence-corrected chi connectivity index (χ3v) is 7.85. The average molecular weight is 305 g/mol. The van der Waals surface area contributed by atoms with Gasteiger partial charge in [-0.1, -0.05) is 34.6 Å². The van der Waals surface area contributed by atoms with Gasteiger partial charge in [0.25, 0.3) is 0 Å². The average Bonchev–Trinajstić information content (AvgIpc) is 2.45. The molecule has 0 fully saturated rings. The first kappa shape index (κ1) is 20.1. The summed E-state index contributed by atoms with van der Waals surface area (Å²) in [6.07, 6.45) is 4.53. The quantitative estimate of drug-likeness (QED) is 0.493. The van der Waals surface area contributed by atoms with Crippen LogP contribution in [0.3, 0.4) is 0 Å². The first-order valence-electron chi connectivity index (χ1n) is 8.38. The maximum atomic E-state index is 6.38. The van der Waals surface area contributed by atoms with E-state index in [4.69, 9.17) is 13.3 Å². The third-order valence-electron chi connectivity index (χ3n) is 4.04. The number of rotatable bonds is 11. The molecule has 0 saturated heterocycles. The SMILES string of the molecule is CCC(C)O[Si](OC(C)CC)(OC(C)CC)C(C)CC. The molecule has 3 nitrogen and oxygen atoms in total. The molecule has 0 N–H and O–H groups in total. The molecule has 0 spiro atoms. The zero-order valence-electron chi connectivity index (χ0n) is 14.9. The molecule has 0 aromatic heterocycles. The predicted octanol–water partition coefficient (Wildman–Crippen LogP) is 5.17. The third kappa shape index (κ3) is 6.25. The number of hydrogen-bond donors (Lipinski definition) is 0. The van der Waals surface area contributed by atoms with Crippen molar-refractivity contribution in [1.82, 2.24) is 0 Å². The van der Waals surface area contributed by atoms with Gasteiger partial charge in [0.2, 0.25) is 0 Å². The van der Waals surface area contributed by atoms with E-state index in [1.807, 2.05) is 0 Å². The van der Waals surface area contributed by atoms with E-state index >= 15 is 0 Å². The molecule has 0 saturated carbocycles. The van der Waals surface area contributed by atoms with Crippen LogP contribution in [0.2, 0.25) is 5.54 Å². The topological polar surface area (TPSA) is 27.7 Å². The summed E-state index contributed by atoms with van der Waals surface area (Å²) in [4.78, 5) is 0. The molecular weight excluding hydrogens is 268 g/mol. The Bertz CT molecular complexity index is 217. The molecule has 0 aliphatic carbocycles. The van der Waals surface area contributed by atoms with Crippen molar-refractivity contribution in [1.29, 1.82) is 0 Å². The van der Waals surface area contributed by atoms with Gasteiger partial charge in [-0.15, -0.1) is 0 Å². The Balaban J connectivity index is 5.26. The highest BCUT2D eigenvalue weighted by Gasteiger charge is 2.49. The summed E-state index contributed by atoms with van der Waals surface area (Å²) in [5, 5.41) is 0. The zero-order valence-corrected chi connectivity index (χ0v) is 15.9. The van der Waals surface area contributed by atoms with E-state index in [9.17, 15) is 0 Å². The van der Waals surface area contributed by atoms with E-state index < -0.39 is 8.80 Å². The van der Waals surface area contributed by atoms with E-state index in [1.54, 1.807) is 0 Å². The lowest BCUT2D eigenvalue weighted by molar-refractivity contribution is -0.0176. The Morgan fingerprint density at radius 3 is 1.10 bits per heavy atom. The van der Waals surface area contributed by atoms with Crippen molar-refractivity contribution >= 4 is 8.80 Å². The van der Waals surface area contributed by atoms with E-state index in [1.165, 1.54) is 0 Å². The second kappa shape index (κ2) is 9.93. The van der Waals surface area contributed by atoms with Gasteiger partial charge in [-0.3, -0.25) is 0 Å². The minimum absolute atomic E-state index is 0.184. The lowest BCUT2D eigenvalue weighted by Gasteiger charge is -2.39. The highest BCUT2D eigenvalue weighted by molar-refractivity contribution is 6.62. The molecule has 0 aromatic carbocycles. The number of hydrogen-bond acceptors (Lipinski definition) is 3. The Hall–Kier alpha value is 0.0969. The predicted molar refractivity (Wildman–Crippen MR) is 88.0 cm³/mol. The molecule has 0 aromatic rings. The van der Waals surface area contributed by atoms with Gasteiger partial charge in [0, 0.05) is 23.9 Å². The van der Waals surface area contributed by atoms with E-state index in [2.05, 4.69) is 55.4 Å². The lowest BCUT2D eigenvalue weighted by atomic mass is 10.3. The van der Waals surface area contributed by atoms with Crippen molar-refractivity contribution in [3.05, 3.63) is 0 Å². The fourth-order valence-corrected chi connectivity index (χ4v) is 5.32. The first-order valence-corrected chi connectivity index (χ1v) is 10.2. The van der Waals surface area contributed by atoms with Gasteiger partial charge in [0.15, 0.2) is 0 Å². The van der Waals surface area contributed by atoms with Crippen LogP contribution in [0.4, 0.5) is 0 Å². The molecule has 0 aliphatic rings. The van der Waals surface area contributed by atoms with Gasteiger partial charge in [0.1, 0.15) is 0 Å². The molecule has 0 aliphatic heterocycles. The van der Waals surface area contributed by atoms with Gasteiger partial charge < -0.3 is 13.3 Å². The van der Waals surface area contributed by atoms with E-state index in [-0.39, 0.29) is 18.3 Å². The van der Waals surface area contributed by atoms with Gasteiger partial charge >= 0.3 is 8.80 Å². The van der Waals surface area contributed by atoms with Crippen molar-refractivity contribution in [3.63, 3.8) is 0 Å². The van der Waals surface area contributed by atoms with Crippen LogP contribution >= 0.6 is 0 Å². The molecule has 0 heterocycles. The normalized spacial score (nSPS) is 21.0. The monoisotopic (exact) mass is 304 g/mol. The minimum atomic E-state index is -2.65. The molecule has 122 valence electrons. The van der Waals surface area contributed by atoms with E-state index in [0.29, 0.717) is 5.54 Å². The molecule has 0 amide bonds. The van der Waals surface area contributed by atoms with Crippen molar-refractivity contribution in [2.75, 3.05) is 0 Å². The highest BCUT2D eigenvalue weighted by atomic mass is 28.4. The van der Waals surface area contributed by atoms with Gasteiger partial charge in [-0.25, -0.2) is 0 Å². The molecular formula is C16H36O3Si. The molecule has 20 heavy (non-hydrogen) atoms. The molecule has 0 bridgehead atoms. The Morgan fingerprint density at radius 1 is 0.600 bits per heavy atom. The van der Waals surface area contributed by atoms with Gasteiger partial charge in [0.05, 0.1) is 0 Å². The summed E-state index contributed by atoms with van der Waals surface area (Å²) in [6, 6.07) is 0. The molecule has 0 radical (unpaired) electrons. The summed E-state index contributed by atoms with van der Waals surface area (Å²) >= 11 is 0. The Labute approximate surface area is 127 Å². The van der Waals surface area contributed by atoms with Crippen LogP contribution in [0.5, 0.6) is 0 Å². The fourth-order valence-electron chi connectivity index (χ4n) is 1.77. The highest BCUT2D eigenvalue weighted by Crippen LogP contribution is 2.33. The maximum absolute atomic E-state index is 6.38. The van der Waals surface area contributed by atoms with Gasteiger partial charge in [-0.05, 0) is 46.5 Å². The molecule has 4 unspecified atom stereocenters. The summed E-state index contributed by atoms with van der Waals surface area (Å²) in [6.45, 7) is 17.2. The standard InChI is InChI=1S/C16H36O3Si/c1-9-13(5)17-20(16(8)12-4,18-14(6)10-2)19-15(7)11-3/h13-16H,9-12H2,1-8H3. The van der Waals surface area contributed by atoms with Crippen LogP contribution in [-0.2, 0) is 13.3 Å². The summed E-state index contributed by atoms with van der Waals surface area (Å²) in [5.74, 6) is 0.